The average Bonchev–Trinajstić information content (AvgIpc) is 2.69. The van der Waals surface area contributed by atoms with Crippen molar-refractivity contribution in [3.8, 4) is 0 Å². The van der Waals surface area contributed by atoms with E-state index in [1.165, 1.54) is 0 Å². The Morgan fingerprint density at radius 1 is 1.10 bits per heavy atom. The Balaban J connectivity index is 1.73. The number of benzene rings is 1. The first-order chi connectivity index (χ1) is 13.6. The Hall–Kier alpha value is -2.58. The molecule has 0 heterocycles. The van der Waals surface area contributed by atoms with E-state index in [9.17, 15) is 27.6 Å². The Morgan fingerprint density at radius 2 is 1.69 bits per heavy atom. The van der Waals surface area contributed by atoms with Crippen LogP contribution in [0.1, 0.15) is 48.5 Å². The molecule has 0 aromatic heterocycles. The van der Waals surface area contributed by atoms with Gasteiger partial charge in [0, 0.05) is 18.7 Å². The second-order valence-corrected chi connectivity index (χ2v) is 7.34. The fraction of sp³-hybridized carbons (Fsp3) is 0.550. The first-order valence-corrected chi connectivity index (χ1v) is 9.44. The summed E-state index contributed by atoms with van der Waals surface area (Å²) in [5, 5.41) is 2.26. The zero-order valence-corrected chi connectivity index (χ0v) is 16.4. The number of carbonyl (C=O) groups excluding carboxylic acids is 3. The number of likely N-dealkylation sites (N-methyl/N-ethyl adjacent to an activating group) is 1. The molecule has 1 N–H and O–H groups in total. The van der Waals surface area contributed by atoms with E-state index in [0.717, 1.165) is 49.9 Å². The molecule has 2 rings (SSSR count). The number of rotatable bonds is 6. The van der Waals surface area contributed by atoms with E-state index in [0.29, 0.717) is 5.92 Å². The maximum absolute atomic E-state index is 12.5. The van der Waals surface area contributed by atoms with Crippen molar-refractivity contribution in [2.24, 2.45) is 5.92 Å². The third kappa shape index (κ3) is 6.76. The van der Waals surface area contributed by atoms with Gasteiger partial charge in [0.2, 0.25) is 0 Å². The van der Waals surface area contributed by atoms with Crippen molar-refractivity contribution >= 4 is 17.8 Å². The highest BCUT2D eigenvalue weighted by Gasteiger charge is 2.30. The zero-order chi connectivity index (χ0) is 21.6. The Morgan fingerprint density at radius 3 is 2.24 bits per heavy atom. The lowest BCUT2D eigenvalue weighted by molar-refractivity contribution is -0.151. The average molecular weight is 414 g/mol. The maximum atomic E-state index is 12.5. The highest BCUT2D eigenvalue weighted by molar-refractivity contribution is 5.96. The van der Waals surface area contributed by atoms with E-state index in [1.54, 1.807) is 11.9 Å². The Bertz CT molecular complexity index is 726. The van der Waals surface area contributed by atoms with Crippen LogP contribution in [0.15, 0.2) is 24.3 Å². The molecule has 29 heavy (non-hydrogen) atoms. The number of esters is 1. The SMILES string of the molecule is CC1CCC(N(C)C(=O)COC(=O)CNC(=O)c2ccc(C(F)(F)F)cc2)CC1. The van der Waals surface area contributed by atoms with Crippen LogP contribution in [0.5, 0.6) is 0 Å². The van der Waals surface area contributed by atoms with E-state index >= 15 is 0 Å². The molecule has 1 aliphatic carbocycles. The number of nitrogens with zero attached hydrogens (tertiary/aromatic N) is 1. The molecule has 0 unspecified atom stereocenters. The van der Waals surface area contributed by atoms with Crippen LogP contribution in [0, 0.1) is 5.92 Å². The van der Waals surface area contributed by atoms with Gasteiger partial charge in [-0.15, -0.1) is 0 Å². The van der Waals surface area contributed by atoms with Gasteiger partial charge in [-0.2, -0.15) is 13.2 Å². The van der Waals surface area contributed by atoms with Crippen LogP contribution < -0.4 is 5.32 Å². The monoisotopic (exact) mass is 414 g/mol. The number of hydrogen-bond acceptors (Lipinski definition) is 4. The second-order valence-electron chi connectivity index (χ2n) is 7.34. The van der Waals surface area contributed by atoms with Gasteiger partial charge in [-0.3, -0.25) is 14.4 Å². The lowest BCUT2D eigenvalue weighted by Crippen LogP contribution is -2.42. The zero-order valence-electron chi connectivity index (χ0n) is 16.4. The van der Waals surface area contributed by atoms with E-state index in [4.69, 9.17) is 4.74 Å². The summed E-state index contributed by atoms with van der Waals surface area (Å²) in [6.45, 7) is 1.27. The van der Waals surface area contributed by atoms with Gasteiger partial charge in [-0.1, -0.05) is 6.92 Å². The Kier molecular flexibility index (Phi) is 7.64. The third-order valence-electron chi connectivity index (χ3n) is 5.15. The molecule has 2 amide bonds. The van der Waals surface area contributed by atoms with Crippen LogP contribution in [0.25, 0.3) is 0 Å². The molecule has 160 valence electrons. The van der Waals surface area contributed by atoms with Gasteiger partial charge in [0.1, 0.15) is 6.54 Å². The van der Waals surface area contributed by atoms with Gasteiger partial charge in [0.15, 0.2) is 6.61 Å². The maximum Gasteiger partial charge on any atom is 0.416 e. The topological polar surface area (TPSA) is 75.7 Å². The number of alkyl halides is 3. The van der Waals surface area contributed by atoms with E-state index in [2.05, 4.69) is 12.2 Å². The fourth-order valence-corrected chi connectivity index (χ4v) is 3.19. The summed E-state index contributed by atoms with van der Waals surface area (Å²) in [5.74, 6) is -1.17. The highest BCUT2D eigenvalue weighted by Crippen LogP contribution is 2.29. The van der Waals surface area contributed by atoms with E-state index < -0.39 is 36.8 Å². The van der Waals surface area contributed by atoms with Crippen molar-refractivity contribution < 1.29 is 32.3 Å². The van der Waals surface area contributed by atoms with Gasteiger partial charge in [0.25, 0.3) is 11.8 Å². The van der Waals surface area contributed by atoms with Gasteiger partial charge >= 0.3 is 12.1 Å². The largest absolute Gasteiger partial charge is 0.454 e. The molecule has 1 aliphatic rings. The lowest BCUT2D eigenvalue weighted by Gasteiger charge is -2.33. The van der Waals surface area contributed by atoms with Crippen molar-refractivity contribution in [2.75, 3.05) is 20.2 Å². The summed E-state index contributed by atoms with van der Waals surface area (Å²) >= 11 is 0. The molecule has 0 saturated heterocycles. The number of halogens is 3. The highest BCUT2D eigenvalue weighted by atomic mass is 19.4. The Labute approximate surface area is 167 Å². The minimum Gasteiger partial charge on any atom is -0.454 e. The van der Waals surface area contributed by atoms with E-state index in [-0.39, 0.29) is 17.5 Å². The molecule has 9 heteroatoms. The summed E-state index contributed by atoms with van der Waals surface area (Å²) in [7, 11) is 1.68. The molecule has 1 aromatic carbocycles. The van der Waals surface area contributed by atoms with Crippen LogP contribution in [-0.4, -0.2) is 48.9 Å². The number of amides is 2. The molecule has 6 nitrogen and oxygen atoms in total. The number of ether oxygens (including phenoxy) is 1. The summed E-state index contributed by atoms with van der Waals surface area (Å²) in [6.07, 6.45) is -0.550. The van der Waals surface area contributed by atoms with Gasteiger partial charge in [0.05, 0.1) is 5.56 Å². The van der Waals surface area contributed by atoms with Crippen molar-refractivity contribution in [1.82, 2.24) is 10.2 Å². The molecular weight excluding hydrogens is 389 g/mol. The van der Waals surface area contributed by atoms with Crippen molar-refractivity contribution in [3.63, 3.8) is 0 Å². The molecule has 0 aliphatic heterocycles. The predicted octanol–water partition coefficient (Wildman–Crippen LogP) is 3.02. The van der Waals surface area contributed by atoms with Crippen LogP contribution in [0.4, 0.5) is 13.2 Å². The van der Waals surface area contributed by atoms with E-state index in [1.807, 2.05) is 0 Å². The quantitative estimate of drug-likeness (QED) is 0.726. The predicted molar refractivity (Wildman–Crippen MR) is 98.9 cm³/mol. The molecule has 0 radical (unpaired) electrons. The minimum absolute atomic E-state index is 0.0202. The van der Waals surface area contributed by atoms with Gasteiger partial charge < -0.3 is 15.0 Å². The first kappa shape index (κ1) is 22.7. The molecule has 0 bridgehead atoms. The van der Waals surface area contributed by atoms with Crippen LogP contribution in [0.3, 0.4) is 0 Å². The molecule has 1 fully saturated rings. The van der Waals surface area contributed by atoms with Gasteiger partial charge in [-0.25, -0.2) is 0 Å². The minimum atomic E-state index is -4.49. The van der Waals surface area contributed by atoms with Gasteiger partial charge in [-0.05, 0) is 55.9 Å². The van der Waals surface area contributed by atoms with Crippen LogP contribution >= 0.6 is 0 Å². The number of carbonyl (C=O) groups is 3. The summed E-state index contributed by atoms with van der Waals surface area (Å²) in [5.41, 5.74) is -0.892. The first-order valence-electron chi connectivity index (χ1n) is 9.44. The lowest BCUT2D eigenvalue weighted by atomic mass is 9.87. The number of nitrogens with one attached hydrogen (secondary N) is 1. The third-order valence-corrected chi connectivity index (χ3v) is 5.15. The molecule has 0 spiro atoms. The summed E-state index contributed by atoms with van der Waals surface area (Å²) in [4.78, 5) is 37.4. The smallest absolute Gasteiger partial charge is 0.416 e. The molecule has 1 saturated carbocycles. The van der Waals surface area contributed by atoms with Crippen molar-refractivity contribution in [1.29, 1.82) is 0 Å². The number of hydrogen-bond donors (Lipinski definition) is 1. The van der Waals surface area contributed by atoms with Crippen LogP contribution in [0.2, 0.25) is 0 Å². The van der Waals surface area contributed by atoms with Crippen molar-refractivity contribution in [2.45, 2.75) is 44.8 Å². The molecule has 1 aromatic rings. The summed E-state index contributed by atoms with van der Waals surface area (Å²) in [6, 6.07) is 3.75. The second kappa shape index (κ2) is 9.76. The van der Waals surface area contributed by atoms with Crippen molar-refractivity contribution in [3.05, 3.63) is 35.4 Å². The molecular formula is C20H25F3N2O4. The molecule has 0 atom stereocenters. The normalized spacial score (nSPS) is 19.3. The van der Waals surface area contributed by atoms with Crippen LogP contribution in [-0.2, 0) is 20.5 Å². The fourth-order valence-electron chi connectivity index (χ4n) is 3.19. The standard InChI is InChI=1S/C20H25F3N2O4/c1-13-3-9-16(10-4-13)25(2)17(26)12-29-18(27)11-24-19(28)14-5-7-15(8-6-14)20(21,22)23/h5-8,13,16H,3-4,9-12H2,1-2H3,(H,24,28). The summed E-state index contributed by atoms with van der Waals surface area (Å²) < 4.78 is 42.5.